The molecule has 0 spiro atoms. The second-order valence-electron chi connectivity index (χ2n) is 5.67. The molecule has 1 aromatic heterocycles. The number of hydrogen-bond donors (Lipinski definition) is 2. The Balaban J connectivity index is 0.00000192. The molecule has 3 rings (SSSR count). The number of carbonyl (C=O) groups is 1. The third kappa shape index (κ3) is 4.81. The second kappa shape index (κ2) is 8.13. The molecule has 0 aliphatic heterocycles. The van der Waals surface area contributed by atoms with E-state index in [1.165, 1.54) is 12.8 Å². The van der Waals surface area contributed by atoms with Gasteiger partial charge in [-0.05, 0) is 57.1 Å². The average Bonchev–Trinajstić information content (AvgIpc) is 3.26. The van der Waals surface area contributed by atoms with Gasteiger partial charge in [0.05, 0.1) is 6.20 Å². The molecule has 1 aliphatic carbocycles. The standard InChI is InChI=1S/C17H21N3O2.ClH/c1-18-10-2-3-16(21)20-14-8-6-12(7-9-14)15-11-19-17(22-15)13-4-5-13;/h6-9,11,13,18H,2-5,10H2,1H3,(H,20,21);1H. The van der Waals surface area contributed by atoms with E-state index in [9.17, 15) is 4.79 Å². The van der Waals surface area contributed by atoms with Crippen molar-refractivity contribution in [2.75, 3.05) is 18.9 Å². The molecule has 0 atom stereocenters. The van der Waals surface area contributed by atoms with Crippen LogP contribution in [-0.4, -0.2) is 24.5 Å². The van der Waals surface area contributed by atoms with E-state index in [0.29, 0.717) is 12.3 Å². The normalized spacial score (nSPS) is 13.4. The molecule has 6 heteroatoms. The van der Waals surface area contributed by atoms with Crippen molar-refractivity contribution < 1.29 is 9.21 Å². The summed E-state index contributed by atoms with van der Waals surface area (Å²) in [6.07, 6.45) is 5.49. The number of halogens is 1. The van der Waals surface area contributed by atoms with Gasteiger partial charge in [0.2, 0.25) is 5.91 Å². The van der Waals surface area contributed by atoms with Crippen LogP contribution in [0.1, 0.15) is 37.5 Å². The van der Waals surface area contributed by atoms with Crippen molar-refractivity contribution in [2.45, 2.75) is 31.6 Å². The topological polar surface area (TPSA) is 67.2 Å². The Morgan fingerprint density at radius 2 is 2.04 bits per heavy atom. The Morgan fingerprint density at radius 1 is 1.30 bits per heavy atom. The van der Waals surface area contributed by atoms with Crippen LogP contribution in [-0.2, 0) is 4.79 Å². The molecule has 1 fully saturated rings. The maximum atomic E-state index is 11.8. The SMILES string of the molecule is CNCCCC(=O)Nc1ccc(-c2cnc(C3CC3)o2)cc1.Cl. The summed E-state index contributed by atoms with van der Waals surface area (Å²) in [7, 11) is 1.88. The van der Waals surface area contributed by atoms with E-state index in [4.69, 9.17) is 4.42 Å². The van der Waals surface area contributed by atoms with Gasteiger partial charge in [-0.2, -0.15) is 0 Å². The minimum atomic E-state index is 0. The Hall–Kier alpha value is -1.85. The van der Waals surface area contributed by atoms with Crippen LogP contribution in [0.3, 0.4) is 0 Å². The number of nitrogens with one attached hydrogen (secondary N) is 2. The summed E-state index contributed by atoms with van der Waals surface area (Å²) >= 11 is 0. The number of oxazole rings is 1. The van der Waals surface area contributed by atoms with Crippen LogP contribution >= 0.6 is 12.4 Å². The lowest BCUT2D eigenvalue weighted by Crippen LogP contribution is -2.15. The van der Waals surface area contributed by atoms with Crippen LogP contribution in [0.15, 0.2) is 34.9 Å². The van der Waals surface area contributed by atoms with E-state index in [2.05, 4.69) is 15.6 Å². The van der Waals surface area contributed by atoms with Gasteiger partial charge in [0.1, 0.15) is 0 Å². The summed E-state index contributed by atoms with van der Waals surface area (Å²) in [6.45, 7) is 0.848. The van der Waals surface area contributed by atoms with Crippen LogP contribution in [0, 0.1) is 0 Å². The van der Waals surface area contributed by atoms with E-state index >= 15 is 0 Å². The number of carbonyl (C=O) groups excluding carboxylic acids is 1. The van der Waals surface area contributed by atoms with Crippen LogP contribution < -0.4 is 10.6 Å². The molecule has 0 radical (unpaired) electrons. The third-order valence-corrected chi connectivity index (χ3v) is 3.73. The highest BCUT2D eigenvalue weighted by molar-refractivity contribution is 5.90. The number of rotatable bonds is 7. The lowest BCUT2D eigenvalue weighted by atomic mass is 10.1. The molecule has 2 aromatic rings. The molecule has 1 aromatic carbocycles. The van der Waals surface area contributed by atoms with Gasteiger partial charge in [-0.1, -0.05) is 0 Å². The summed E-state index contributed by atoms with van der Waals surface area (Å²) in [5, 5.41) is 5.93. The smallest absolute Gasteiger partial charge is 0.224 e. The predicted octanol–water partition coefficient (Wildman–Crippen LogP) is 3.58. The highest BCUT2D eigenvalue weighted by Gasteiger charge is 2.28. The molecule has 1 heterocycles. The van der Waals surface area contributed by atoms with Crippen molar-refractivity contribution in [3.63, 3.8) is 0 Å². The summed E-state index contributed by atoms with van der Waals surface area (Å²) in [5.41, 5.74) is 1.78. The van der Waals surface area contributed by atoms with Crippen LogP contribution in [0.5, 0.6) is 0 Å². The maximum absolute atomic E-state index is 11.8. The number of amides is 1. The van der Waals surface area contributed by atoms with Crippen molar-refractivity contribution in [2.24, 2.45) is 0 Å². The molecule has 1 saturated carbocycles. The van der Waals surface area contributed by atoms with Gasteiger partial charge in [0.15, 0.2) is 11.7 Å². The first-order valence-corrected chi connectivity index (χ1v) is 7.77. The summed E-state index contributed by atoms with van der Waals surface area (Å²) < 4.78 is 5.77. The second-order valence-corrected chi connectivity index (χ2v) is 5.67. The monoisotopic (exact) mass is 335 g/mol. The van der Waals surface area contributed by atoms with E-state index in [1.54, 1.807) is 6.20 Å². The molecule has 0 bridgehead atoms. The lowest BCUT2D eigenvalue weighted by molar-refractivity contribution is -0.116. The summed E-state index contributed by atoms with van der Waals surface area (Å²) in [5.74, 6) is 2.19. The highest BCUT2D eigenvalue weighted by Crippen LogP contribution is 2.40. The number of aromatic nitrogens is 1. The quantitative estimate of drug-likeness (QED) is 0.759. The number of benzene rings is 1. The summed E-state index contributed by atoms with van der Waals surface area (Å²) in [4.78, 5) is 16.1. The Labute approximate surface area is 142 Å². The molecule has 124 valence electrons. The fourth-order valence-corrected chi connectivity index (χ4v) is 2.31. The molecule has 0 unspecified atom stereocenters. The van der Waals surface area contributed by atoms with Crippen molar-refractivity contribution in [1.82, 2.24) is 10.3 Å². The number of nitrogens with zero attached hydrogens (tertiary/aromatic N) is 1. The molecule has 1 amide bonds. The van der Waals surface area contributed by atoms with E-state index in [1.807, 2.05) is 31.3 Å². The first-order chi connectivity index (χ1) is 10.8. The fourth-order valence-electron chi connectivity index (χ4n) is 2.31. The van der Waals surface area contributed by atoms with Crippen molar-refractivity contribution >= 4 is 24.0 Å². The first-order valence-electron chi connectivity index (χ1n) is 7.77. The predicted molar refractivity (Wildman–Crippen MR) is 93.0 cm³/mol. The third-order valence-electron chi connectivity index (χ3n) is 3.73. The zero-order valence-corrected chi connectivity index (χ0v) is 14.0. The number of anilines is 1. The van der Waals surface area contributed by atoms with Crippen LogP contribution in [0.2, 0.25) is 0 Å². The molecule has 23 heavy (non-hydrogen) atoms. The fraction of sp³-hybridized carbons (Fsp3) is 0.412. The van der Waals surface area contributed by atoms with Crippen LogP contribution in [0.25, 0.3) is 11.3 Å². The Bertz CT molecular complexity index is 636. The van der Waals surface area contributed by atoms with Crippen molar-refractivity contribution in [3.8, 4) is 11.3 Å². The zero-order chi connectivity index (χ0) is 15.4. The Morgan fingerprint density at radius 3 is 2.70 bits per heavy atom. The van der Waals surface area contributed by atoms with Gasteiger partial charge >= 0.3 is 0 Å². The van der Waals surface area contributed by atoms with Gasteiger partial charge in [-0.15, -0.1) is 12.4 Å². The minimum Gasteiger partial charge on any atom is -0.440 e. The molecule has 5 nitrogen and oxygen atoms in total. The highest BCUT2D eigenvalue weighted by atomic mass is 35.5. The van der Waals surface area contributed by atoms with Gasteiger partial charge in [-0.25, -0.2) is 4.98 Å². The molecular weight excluding hydrogens is 314 g/mol. The zero-order valence-electron chi connectivity index (χ0n) is 13.2. The lowest BCUT2D eigenvalue weighted by Gasteiger charge is -2.05. The van der Waals surface area contributed by atoms with Gasteiger partial charge in [0.25, 0.3) is 0 Å². The van der Waals surface area contributed by atoms with Gasteiger partial charge < -0.3 is 15.1 Å². The average molecular weight is 336 g/mol. The molecule has 2 N–H and O–H groups in total. The molecular formula is C17H22ClN3O2. The van der Waals surface area contributed by atoms with Crippen molar-refractivity contribution in [1.29, 1.82) is 0 Å². The largest absolute Gasteiger partial charge is 0.440 e. The minimum absolute atomic E-state index is 0. The van der Waals surface area contributed by atoms with Crippen molar-refractivity contribution in [3.05, 3.63) is 36.4 Å². The van der Waals surface area contributed by atoms with E-state index in [0.717, 1.165) is 35.9 Å². The summed E-state index contributed by atoms with van der Waals surface area (Å²) in [6, 6.07) is 7.68. The Kier molecular flexibility index (Phi) is 6.19. The van der Waals surface area contributed by atoms with Gasteiger partial charge in [-0.3, -0.25) is 4.79 Å². The molecule has 1 aliphatic rings. The van der Waals surface area contributed by atoms with E-state index < -0.39 is 0 Å². The van der Waals surface area contributed by atoms with Crippen LogP contribution in [0.4, 0.5) is 5.69 Å². The maximum Gasteiger partial charge on any atom is 0.224 e. The van der Waals surface area contributed by atoms with Gasteiger partial charge in [0, 0.05) is 23.6 Å². The number of hydrogen-bond acceptors (Lipinski definition) is 4. The molecule has 0 saturated heterocycles. The first kappa shape index (κ1) is 17.5. The van der Waals surface area contributed by atoms with E-state index in [-0.39, 0.29) is 18.3 Å².